The lowest BCUT2D eigenvalue weighted by Crippen LogP contribution is -2.48. The Morgan fingerprint density at radius 1 is 1.08 bits per heavy atom. The number of piperazine rings is 1. The molecule has 2 aliphatic heterocycles. The van der Waals surface area contributed by atoms with Crippen molar-refractivity contribution in [3.05, 3.63) is 53.1 Å². The third-order valence-corrected chi connectivity index (χ3v) is 10.5. The molecule has 5 rings (SSSR count). The van der Waals surface area contributed by atoms with E-state index >= 15 is 0 Å². The van der Waals surface area contributed by atoms with Gasteiger partial charge in [-0.1, -0.05) is 24.3 Å². The summed E-state index contributed by atoms with van der Waals surface area (Å²) in [5.41, 5.74) is 4.07. The summed E-state index contributed by atoms with van der Waals surface area (Å²) in [6.45, 7) is 12.4. The van der Waals surface area contributed by atoms with Crippen LogP contribution >= 0.6 is 11.3 Å². The number of fused-ring (bicyclic) bond motifs is 1. The Labute approximate surface area is 229 Å². The molecule has 38 heavy (non-hydrogen) atoms. The number of rotatable bonds is 7. The summed E-state index contributed by atoms with van der Waals surface area (Å²) in [6.07, 6.45) is 1.95. The van der Waals surface area contributed by atoms with Crippen LogP contribution in [0.3, 0.4) is 0 Å². The number of piperidine rings is 1. The number of benzene rings is 2. The molecule has 1 amide bonds. The third kappa shape index (κ3) is 5.88. The van der Waals surface area contributed by atoms with Crippen LogP contribution in [0.25, 0.3) is 10.2 Å². The van der Waals surface area contributed by atoms with Gasteiger partial charge in [-0.25, -0.2) is 13.4 Å². The predicted molar refractivity (Wildman–Crippen MR) is 154 cm³/mol. The van der Waals surface area contributed by atoms with E-state index in [2.05, 4.69) is 48.0 Å². The number of hydrogen-bond donors (Lipinski definition) is 1. The molecule has 2 fully saturated rings. The van der Waals surface area contributed by atoms with E-state index in [1.54, 1.807) is 39.9 Å². The van der Waals surface area contributed by atoms with Crippen molar-refractivity contribution in [2.45, 2.75) is 38.5 Å². The van der Waals surface area contributed by atoms with Gasteiger partial charge in [-0.3, -0.25) is 9.69 Å². The molecule has 204 valence electrons. The average molecular weight is 556 g/mol. The second-order valence-electron chi connectivity index (χ2n) is 10.6. The molecule has 1 unspecified atom stereocenters. The maximum atomic E-state index is 13.0. The summed E-state index contributed by atoms with van der Waals surface area (Å²) in [5, 5.41) is 4.07. The molecule has 0 saturated carbocycles. The molecule has 1 N–H and O–H groups in total. The van der Waals surface area contributed by atoms with E-state index in [0.29, 0.717) is 31.1 Å². The van der Waals surface area contributed by atoms with Crippen molar-refractivity contribution in [2.75, 3.05) is 57.3 Å². The Hall–Kier alpha value is -2.53. The van der Waals surface area contributed by atoms with Gasteiger partial charge in [0.25, 0.3) is 5.91 Å². The molecule has 8 nitrogen and oxygen atoms in total. The topological polar surface area (TPSA) is 85.9 Å². The minimum atomic E-state index is -3.52. The standard InChI is InChI=1S/C28H37N5O3S2/c1-20-5-4-11-33(19-20)38(35,36)24-8-6-23(7-9-24)27(34)29-10-12-31-13-15-32(16-14-31)28-30-26-22(3)17-21(2)18-25(26)37-28/h6-9,17-18,20H,4-5,10-16,19H2,1-3H3,(H,29,34). The van der Waals surface area contributed by atoms with Gasteiger partial charge < -0.3 is 10.2 Å². The number of anilines is 1. The molecule has 1 aromatic heterocycles. The molecule has 0 aliphatic carbocycles. The van der Waals surface area contributed by atoms with Gasteiger partial charge in [0.2, 0.25) is 10.0 Å². The van der Waals surface area contributed by atoms with Crippen molar-refractivity contribution < 1.29 is 13.2 Å². The molecule has 0 radical (unpaired) electrons. The Kier molecular flexibility index (Phi) is 8.04. The summed E-state index contributed by atoms with van der Waals surface area (Å²) in [6, 6.07) is 10.7. The molecule has 2 aromatic carbocycles. The highest BCUT2D eigenvalue weighted by Gasteiger charge is 2.28. The smallest absolute Gasteiger partial charge is 0.251 e. The number of thiazole rings is 1. The van der Waals surface area contributed by atoms with Crippen LogP contribution in [-0.4, -0.2) is 80.9 Å². The van der Waals surface area contributed by atoms with Crippen molar-refractivity contribution in [1.82, 2.24) is 19.5 Å². The fourth-order valence-electron chi connectivity index (χ4n) is 5.38. The highest BCUT2D eigenvalue weighted by atomic mass is 32.2. The number of nitrogens with zero attached hydrogens (tertiary/aromatic N) is 4. The van der Waals surface area contributed by atoms with Crippen molar-refractivity contribution >= 4 is 42.6 Å². The van der Waals surface area contributed by atoms with Crippen LogP contribution in [0.5, 0.6) is 0 Å². The molecule has 0 bridgehead atoms. The molecule has 2 saturated heterocycles. The first-order chi connectivity index (χ1) is 18.2. The van der Waals surface area contributed by atoms with Crippen molar-refractivity contribution in [1.29, 1.82) is 0 Å². The number of aromatic nitrogens is 1. The molecule has 2 aliphatic rings. The maximum Gasteiger partial charge on any atom is 0.251 e. The van der Waals surface area contributed by atoms with E-state index in [1.807, 2.05) is 0 Å². The first-order valence-electron chi connectivity index (χ1n) is 13.4. The highest BCUT2D eigenvalue weighted by Crippen LogP contribution is 2.32. The second kappa shape index (κ2) is 11.3. The van der Waals surface area contributed by atoms with Gasteiger partial charge in [0.15, 0.2) is 5.13 Å². The van der Waals surface area contributed by atoms with E-state index < -0.39 is 10.0 Å². The largest absolute Gasteiger partial charge is 0.351 e. The van der Waals surface area contributed by atoms with Gasteiger partial charge in [0.05, 0.1) is 15.1 Å². The van der Waals surface area contributed by atoms with Crippen LogP contribution < -0.4 is 10.2 Å². The quantitative estimate of drug-likeness (QED) is 0.476. The van der Waals surface area contributed by atoms with E-state index in [9.17, 15) is 13.2 Å². The zero-order valence-electron chi connectivity index (χ0n) is 22.4. The summed E-state index contributed by atoms with van der Waals surface area (Å²) < 4.78 is 28.7. The third-order valence-electron chi connectivity index (χ3n) is 7.55. The summed E-state index contributed by atoms with van der Waals surface area (Å²) in [4.78, 5) is 22.5. The van der Waals surface area contributed by atoms with Crippen molar-refractivity contribution in [2.24, 2.45) is 5.92 Å². The van der Waals surface area contributed by atoms with Crippen molar-refractivity contribution in [3.63, 3.8) is 0 Å². The SMILES string of the molecule is Cc1cc(C)c2nc(N3CCN(CCNC(=O)c4ccc(S(=O)(=O)N5CCCC(C)C5)cc4)CC3)sc2c1. The normalized spacial score (nSPS) is 19.7. The zero-order chi connectivity index (χ0) is 26.9. The Morgan fingerprint density at radius 3 is 2.53 bits per heavy atom. The van der Waals surface area contributed by atoms with Gasteiger partial charge in [-0.2, -0.15) is 4.31 Å². The number of nitrogens with one attached hydrogen (secondary N) is 1. The van der Waals surface area contributed by atoms with Crippen LogP contribution in [0.2, 0.25) is 0 Å². The molecule has 0 spiro atoms. The minimum Gasteiger partial charge on any atom is -0.351 e. The van der Waals surface area contributed by atoms with Crippen LogP contribution in [-0.2, 0) is 10.0 Å². The average Bonchev–Trinajstić information content (AvgIpc) is 3.33. The maximum absolute atomic E-state index is 13.0. The van der Waals surface area contributed by atoms with Crippen molar-refractivity contribution in [3.8, 4) is 0 Å². The van der Waals surface area contributed by atoms with Crippen LogP contribution in [0, 0.1) is 19.8 Å². The first kappa shape index (κ1) is 27.1. The number of amides is 1. The van der Waals surface area contributed by atoms with Gasteiger partial charge in [-0.15, -0.1) is 0 Å². The predicted octanol–water partition coefficient (Wildman–Crippen LogP) is 3.89. The fourth-order valence-corrected chi connectivity index (χ4v) is 8.17. The fraction of sp³-hybridized carbons (Fsp3) is 0.500. The van der Waals surface area contributed by atoms with E-state index in [1.165, 1.54) is 15.8 Å². The van der Waals surface area contributed by atoms with Crippen LogP contribution in [0.1, 0.15) is 41.3 Å². The lowest BCUT2D eigenvalue weighted by atomic mass is 10.0. The molecule has 10 heteroatoms. The van der Waals surface area contributed by atoms with Gasteiger partial charge in [0, 0.05) is 57.9 Å². The van der Waals surface area contributed by atoms with Crippen LogP contribution in [0.15, 0.2) is 41.3 Å². The minimum absolute atomic E-state index is 0.181. The number of carbonyl (C=O) groups excluding carboxylic acids is 1. The number of carbonyl (C=O) groups is 1. The Bertz CT molecular complexity index is 1400. The second-order valence-corrected chi connectivity index (χ2v) is 13.6. The number of aryl methyl sites for hydroxylation is 2. The monoisotopic (exact) mass is 555 g/mol. The van der Waals surface area contributed by atoms with Crippen LogP contribution in [0.4, 0.5) is 5.13 Å². The number of hydrogen-bond acceptors (Lipinski definition) is 7. The number of sulfonamides is 1. The Morgan fingerprint density at radius 2 is 1.82 bits per heavy atom. The van der Waals surface area contributed by atoms with E-state index in [4.69, 9.17) is 4.98 Å². The Balaban J connectivity index is 1.09. The van der Waals surface area contributed by atoms with Gasteiger partial charge >= 0.3 is 0 Å². The summed E-state index contributed by atoms with van der Waals surface area (Å²) in [5.74, 6) is 0.187. The molecule has 1 atom stereocenters. The summed E-state index contributed by atoms with van der Waals surface area (Å²) in [7, 11) is -3.52. The summed E-state index contributed by atoms with van der Waals surface area (Å²) >= 11 is 1.76. The molecule has 3 heterocycles. The highest BCUT2D eigenvalue weighted by molar-refractivity contribution is 7.89. The molecule has 3 aromatic rings. The van der Waals surface area contributed by atoms with E-state index in [0.717, 1.165) is 56.2 Å². The first-order valence-corrected chi connectivity index (χ1v) is 15.7. The van der Waals surface area contributed by atoms with E-state index in [-0.39, 0.29) is 10.8 Å². The zero-order valence-corrected chi connectivity index (χ0v) is 24.1. The lowest BCUT2D eigenvalue weighted by molar-refractivity contribution is 0.0947. The van der Waals surface area contributed by atoms with Gasteiger partial charge in [-0.05, 0) is 74.1 Å². The molecular weight excluding hydrogens is 518 g/mol. The molecular formula is C28H37N5O3S2. The lowest BCUT2D eigenvalue weighted by Gasteiger charge is -2.34. The van der Waals surface area contributed by atoms with Gasteiger partial charge in [0.1, 0.15) is 0 Å².